The van der Waals surface area contributed by atoms with Crippen molar-refractivity contribution < 1.29 is 820 Å². The van der Waals surface area contributed by atoms with E-state index in [0.717, 1.165) is 0 Å². The first-order chi connectivity index (χ1) is 12.1. The Bertz CT molecular complexity index is 173. The third kappa shape index (κ3) is 470. The molecular weight excluding hydrogens is 980 g/mol. The summed E-state index contributed by atoms with van der Waals surface area (Å²) in [6, 6.07) is 0. The zero-order valence-corrected chi connectivity index (χ0v) is 70.1. The molecule has 42 heavy (non-hydrogen) atoms. The van der Waals surface area contributed by atoms with Crippen LogP contribution in [0.2, 0.25) is 0 Å². The van der Waals surface area contributed by atoms with Gasteiger partial charge in [0.15, 0.2) is 0 Å². The van der Waals surface area contributed by atoms with Crippen LogP contribution >= 0.6 is 0 Å². The Morgan fingerprint density at radius 3 is 0.167 bits per heavy atom. The van der Waals surface area contributed by atoms with Gasteiger partial charge in [0.2, 0.25) is 0 Å². The number of hydrogen-bond acceptors (Lipinski definition) is 14. The summed E-state index contributed by atoms with van der Waals surface area (Å²) >= 11 is 0. The second-order valence-electron chi connectivity index (χ2n) is 1.92. The molecule has 0 aromatic heterocycles. The van der Waals surface area contributed by atoms with E-state index in [2.05, 4.69) is 0 Å². The molecule has 0 aromatic rings. The summed E-state index contributed by atoms with van der Waals surface area (Å²) in [7, 11) is -22.2. The van der Waals surface area contributed by atoms with Crippen LogP contribution < -0.4 is 790 Å². The maximum atomic E-state index is 9.89. The summed E-state index contributed by atoms with van der Waals surface area (Å²) < 4.78 is 69.2. The van der Waals surface area contributed by atoms with Gasteiger partial charge in [-0.05, 0) is 0 Å². The van der Waals surface area contributed by atoms with E-state index in [0.29, 0.717) is 0 Å². The second kappa shape index (κ2) is 131. The molecule has 0 aliphatic rings. The molecule has 0 rings (SSSR count). The van der Waals surface area contributed by atoms with Crippen molar-refractivity contribution >= 4 is 51.8 Å². The molecule has 14 nitrogen and oxygen atoms in total. The van der Waals surface area contributed by atoms with Gasteiger partial charge >= 0.3 is 719 Å². The summed E-state index contributed by atoms with van der Waals surface area (Å²) in [5, 5.41) is 116. The first-order valence-corrected chi connectivity index (χ1v) is 4.83. The largest absolute Gasteiger partial charge is 1.00 e. The predicted molar refractivity (Wildman–Crippen MR) is 48.0 cm³/mol. The third-order valence-electron chi connectivity index (χ3n) is 0. The normalized spacial score (nSPS) is 4.50. The standard InChI is InChI=1S/7BFO2.14K/c7*2-1(3)4;;;;;;;;;;;;;;/q7*-2;14*+1. The number of halogens is 7. The summed E-state index contributed by atoms with van der Waals surface area (Å²) in [5.74, 6) is 0. The molecule has 0 aromatic carbocycles. The molecule has 0 N–H and O–H groups in total. The summed E-state index contributed by atoms with van der Waals surface area (Å²) in [6.07, 6.45) is 0. The van der Waals surface area contributed by atoms with Crippen LogP contribution in [0.15, 0.2) is 0 Å². The Balaban J connectivity index is -0.00000000611. The van der Waals surface area contributed by atoms with E-state index in [4.69, 9.17) is 70.3 Å². The van der Waals surface area contributed by atoms with Crippen LogP contribution in [0.5, 0.6) is 0 Å². The van der Waals surface area contributed by atoms with Crippen molar-refractivity contribution in [3.8, 4) is 0 Å². The average Bonchev–Trinajstić information content (AvgIpc) is 2.20. The van der Waals surface area contributed by atoms with Gasteiger partial charge < -0.3 is 101 Å². The van der Waals surface area contributed by atoms with Crippen molar-refractivity contribution in [2.24, 2.45) is 0 Å². The fourth-order valence-corrected chi connectivity index (χ4v) is 0. The number of rotatable bonds is 0. The number of hydrogen-bond donors (Lipinski definition) is 0. The molecule has 0 saturated carbocycles. The van der Waals surface area contributed by atoms with E-state index in [1.165, 1.54) is 0 Å². The zero-order valence-electron chi connectivity index (χ0n) is 26.4. The molecule has 0 atom stereocenters. The van der Waals surface area contributed by atoms with Crippen molar-refractivity contribution in [2.75, 3.05) is 0 Å². The average molecular weight is 980 g/mol. The maximum absolute atomic E-state index is 9.89. The molecule has 0 amide bonds. The first-order valence-electron chi connectivity index (χ1n) is 4.83. The van der Waals surface area contributed by atoms with Crippen molar-refractivity contribution in [1.82, 2.24) is 0 Å². The van der Waals surface area contributed by atoms with E-state index in [1.54, 1.807) is 0 Å². The SMILES string of the molecule is [K+].[K+].[K+].[K+].[K+].[K+].[K+].[K+].[K+].[K+].[K+].[K+].[K+].[K+].[O-]B([O-])F.[O-]B([O-])F.[O-]B([O-])F.[O-]B([O-])F.[O-]B([O-])F.[O-]B([O-])F.[O-]B([O-])F. The predicted octanol–water partition coefficient (Wildman–Crippen LogP) is -58.3. The molecular formula is B7F7K14O14. The van der Waals surface area contributed by atoms with Crippen LogP contribution in [-0.2, 0) is 0 Å². The van der Waals surface area contributed by atoms with Crippen LogP contribution in [0.25, 0.3) is 0 Å². The molecule has 0 radical (unpaired) electrons. The summed E-state index contributed by atoms with van der Waals surface area (Å²) in [4.78, 5) is 0. The van der Waals surface area contributed by atoms with Gasteiger partial charge in [-0.25, -0.2) is 0 Å². The van der Waals surface area contributed by atoms with E-state index >= 15 is 0 Å². The molecule has 0 aliphatic carbocycles. The third-order valence-corrected chi connectivity index (χ3v) is 0. The van der Waals surface area contributed by atoms with Crippen LogP contribution in [-0.4, -0.2) is 51.8 Å². The summed E-state index contributed by atoms with van der Waals surface area (Å²) in [6.45, 7) is 0. The Kier molecular flexibility index (Phi) is 429. The van der Waals surface area contributed by atoms with E-state index < -0.39 is 51.8 Å². The quantitative estimate of drug-likeness (QED) is 0.161. The second-order valence-corrected chi connectivity index (χ2v) is 1.92. The van der Waals surface area contributed by atoms with Crippen LogP contribution in [0.1, 0.15) is 0 Å². The molecule has 0 heterocycles. The molecule has 0 bridgehead atoms. The Hall–Kier alpha value is 22.3. The summed E-state index contributed by atoms with van der Waals surface area (Å²) in [5.41, 5.74) is 0. The first kappa shape index (κ1) is 137. The van der Waals surface area contributed by atoms with Crippen molar-refractivity contribution in [2.45, 2.75) is 0 Å². The Morgan fingerprint density at radius 1 is 0.167 bits per heavy atom. The monoisotopic (exact) mass is 979 g/mol. The van der Waals surface area contributed by atoms with Crippen molar-refractivity contribution in [3.05, 3.63) is 0 Å². The van der Waals surface area contributed by atoms with Gasteiger partial charge in [0.05, 0.1) is 0 Å². The van der Waals surface area contributed by atoms with Crippen molar-refractivity contribution in [3.63, 3.8) is 0 Å². The van der Waals surface area contributed by atoms with E-state index in [1.807, 2.05) is 0 Å². The van der Waals surface area contributed by atoms with E-state index in [-0.39, 0.29) is 719 Å². The minimum Gasteiger partial charge on any atom is -0.867 e. The topological polar surface area (TPSA) is 323 Å². The van der Waals surface area contributed by atoms with Crippen molar-refractivity contribution in [1.29, 1.82) is 0 Å². The fraction of sp³-hybridized carbons (Fsp3) is 0. The fourth-order valence-electron chi connectivity index (χ4n) is 0. The van der Waals surface area contributed by atoms with Gasteiger partial charge in [-0.1, -0.05) is 0 Å². The Labute approximate surface area is 838 Å². The minimum atomic E-state index is -3.17. The van der Waals surface area contributed by atoms with E-state index in [9.17, 15) is 30.2 Å². The molecule has 0 fully saturated rings. The molecule has 0 aliphatic heterocycles. The van der Waals surface area contributed by atoms with Gasteiger partial charge in [-0.15, -0.1) is 0 Å². The van der Waals surface area contributed by atoms with Gasteiger partial charge in [0.1, 0.15) is 51.8 Å². The Morgan fingerprint density at radius 2 is 0.167 bits per heavy atom. The van der Waals surface area contributed by atoms with Crippen LogP contribution in [0.4, 0.5) is 30.2 Å². The van der Waals surface area contributed by atoms with Crippen LogP contribution in [0.3, 0.4) is 0 Å². The molecule has 0 saturated heterocycles. The van der Waals surface area contributed by atoms with Crippen LogP contribution in [0, 0.1) is 0 Å². The zero-order chi connectivity index (χ0) is 25.0. The minimum absolute atomic E-state index is 0. The van der Waals surface area contributed by atoms with Gasteiger partial charge in [-0.3, -0.25) is 0 Å². The smallest absolute Gasteiger partial charge is 0.867 e. The molecule has 42 heteroatoms. The van der Waals surface area contributed by atoms with Gasteiger partial charge in [0.25, 0.3) is 0 Å². The molecule has 0 spiro atoms. The van der Waals surface area contributed by atoms with Gasteiger partial charge in [-0.2, -0.15) is 0 Å². The molecule has 0 unspecified atom stereocenters. The molecule has 168 valence electrons. The van der Waals surface area contributed by atoms with Gasteiger partial charge in [0, 0.05) is 0 Å². The maximum Gasteiger partial charge on any atom is 1.00 e.